The highest BCUT2D eigenvalue weighted by molar-refractivity contribution is 7.89. The van der Waals surface area contributed by atoms with Crippen molar-refractivity contribution >= 4 is 16.0 Å². The predicted molar refractivity (Wildman–Crippen MR) is 76.9 cm³/mol. The molecule has 1 aromatic carbocycles. The second kappa shape index (κ2) is 5.93. The fourth-order valence-corrected chi connectivity index (χ4v) is 2.07. The van der Waals surface area contributed by atoms with E-state index in [1.54, 1.807) is 13.0 Å². The van der Waals surface area contributed by atoms with E-state index in [2.05, 4.69) is 0 Å². The Morgan fingerprint density at radius 2 is 1.90 bits per heavy atom. The van der Waals surface area contributed by atoms with Gasteiger partial charge in [-0.05, 0) is 36.5 Å². The summed E-state index contributed by atoms with van der Waals surface area (Å²) in [6, 6.07) is 4.17. The van der Waals surface area contributed by atoms with Crippen LogP contribution in [0, 0.1) is 12.3 Å². The van der Waals surface area contributed by atoms with Crippen LogP contribution in [0.4, 0.5) is 0 Å². The number of aryl methyl sites for hydroxylation is 1. The molecule has 1 aromatic rings. The first-order chi connectivity index (χ1) is 9.00. The van der Waals surface area contributed by atoms with Crippen molar-refractivity contribution in [2.45, 2.75) is 39.0 Å². The lowest BCUT2D eigenvalue weighted by molar-refractivity contribution is 0.0463. The second-order valence-electron chi connectivity index (χ2n) is 5.97. The number of rotatable bonds is 4. The maximum Gasteiger partial charge on any atom is 0.338 e. The van der Waals surface area contributed by atoms with E-state index >= 15 is 0 Å². The Hall–Kier alpha value is -1.40. The summed E-state index contributed by atoms with van der Waals surface area (Å²) in [6.45, 7) is 8.16. The van der Waals surface area contributed by atoms with Gasteiger partial charge in [-0.25, -0.2) is 18.4 Å². The summed E-state index contributed by atoms with van der Waals surface area (Å²) < 4.78 is 27.8. The van der Waals surface area contributed by atoms with Gasteiger partial charge in [0.15, 0.2) is 0 Å². The van der Waals surface area contributed by atoms with Crippen LogP contribution in [0.5, 0.6) is 0 Å². The Morgan fingerprint density at radius 3 is 2.40 bits per heavy atom. The maximum absolute atomic E-state index is 12.0. The van der Waals surface area contributed by atoms with Gasteiger partial charge in [0.1, 0.15) is 0 Å². The molecule has 20 heavy (non-hydrogen) atoms. The van der Waals surface area contributed by atoms with Gasteiger partial charge >= 0.3 is 5.97 Å². The average molecular weight is 299 g/mol. The highest BCUT2D eigenvalue weighted by Crippen LogP contribution is 2.19. The Bertz CT molecular complexity index is 600. The molecule has 0 radical (unpaired) electrons. The maximum atomic E-state index is 12.0. The molecule has 0 fully saturated rings. The topological polar surface area (TPSA) is 86.5 Å². The summed E-state index contributed by atoms with van der Waals surface area (Å²) in [5, 5.41) is 5.05. The van der Waals surface area contributed by atoms with E-state index in [-0.39, 0.29) is 15.9 Å². The van der Waals surface area contributed by atoms with Gasteiger partial charge in [-0.15, -0.1) is 0 Å². The summed E-state index contributed by atoms with van der Waals surface area (Å²) in [4.78, 5) is 11.9. The van der Waals surface area contributed by atoms with Crippen molar-refractivity contribution in [2.24, 2.45) is 10.6 Å². The van der Waals surface area contributed by atoms with Crippen molar-refractivity contribution in [3.05, 3.63) is 29.3 Å². The zero-order chi connectivity index (χ0) is 15.6. The number of sulfonamides is 1. The van der Waals surface area contributed by atoms with Crippen LogP contribution in [0.2, 0.25) is 0 Å². The van der Waals surface area contributed by atoms with Crippen LogP contribution in [0.15, 0.2) is 23.1 Å². The van der Waals surface area contributed by atoms with Crippen LogP contribution >= 0.6 is 0 Å². The van der Waals surface area contributed by atoms with Crippen molar-refractivity contribution < 1.29 is 17.9 Å². The molecule has 1 rings (SSSR count). The zero-order valence-electron chi connectivity index (χ0n) is 12.3. The molecule has 112 valence electrons. The first kappa shape index (κ1) is 16.7. The van der Waals surface area contributed by atoms with Crippen molar-refractivity contribution in [1.82, 2.24) is 0 Å². The zero-order valence-corrected chi connectivity index (χ0v) is 13.1. The molecule has 0 bridgehead atoms. The third-order valence-electron chi connectivity index (χ3n) is 2.84. The lowest BCUT2D eigenvalue weighted by atomic mass is 9.93. The molecule has 0 aromatic heterocycles. The van der Waals surface area contributed by atoms with Gasteiger partial charge in [0, 0.05) is 0 Å². The first-order valence-electron chi connectivity index (χ1n) is 6.31. The van der Waals surface area contributed by atoms with Gasteiger partial charge in [0.25, 0.3) is 0 Å². The normalized spacial score (nSPS) is 12.2. The van der Waals surface area contributed by atoms with Crippen molar-refractivity contribution in [1.29, 1.82) is 0 Å². The number of esters is 1. The van der Waals surface area contributed by atoms with Crippen LogP contribution in [0.1, 0.15) is 43.1 Å². The number of ether oxygens (including phenoxy) is 1. The summed E-state index contributed by atoms with van der Waals surface area (Å²) in [6.07, 6.45) is 0.729. The van der Waals surface area contributed by atoms with Crippen LogP contribution < -0.4 is 5.14 Å². The predicted octanol–water partition coefficient (Wildman–Crippen LogP) is 2.24. The Labute approximate surface area is 120 Å². The van der Waals surface area contributed by atoms with E-state index in [4.69, 9.17) is 9.88 Å². The van der Waals surface area contributed by atoms with Crippen molar-refractivity contribution in [2.75, 3.05) is 6.61 Å². The molecule has 2 N–H and O–H groups in total. The van der Waals surface area contributed by atoms with Gasteiger partial charge in [0.05, 0.1) is 17.1 Å². The molecule has 6 heteroatoms. The molecule has 0 atom stereocenters. The summed E-state index contributed by atoms with van der Waals surface area (Å²) in [5.74, 6) is -0.530. The molecule has 5 nitrogen and oxygen atoms in total. The molecule has 0 amide bonds. The SMILES string of the molecule is Cc1ccc(S(N)(=O)=O)cc1C(=O)OCCC(C)(C)C. The summed E-state index contributed by atoms with van der Waals surface area (Å²) >= 11 is 0. The largest absolute Gasteiger partial charge is 0.462 e. The molecule has 0 aliphatic carbocycles. The highest BCUT2D eigenvalue weighted by Gasteiger charge is 2.17. The Balaban J connectivity index is 2.88. The van der Waals surface area contributed by atoms with Crippen molar-refractivity contribution in [3.63, 3.8) is 0 Å². The van der Waals surface area contributed by atoms with Crippen LogP contribution in [0.3, 0.4) is 0 Å². The average Bonchev–Trinajstić information content (AvgIpc) is 2.25. The van der Waals surface area contributed by atoms with Gasteiger partial charge in [-0.3, -0.25) is 0 Å². The fourth-order valence-electron chi connectivity index (χ4n) is 1.53. The smallest absolute Gasteiger partial charge is 0.338 e. The Morgan fingerprint density at radius 1 is 1.30 bits per heavy atom. The molecular formula is C14H21NO4S. The summed E-state index contributed by atoms with van der Waals surface area (Å²) in [7, 11) is -3.83. The van der Waals surface area contributed by atoms with Gasteiger partial charge < -0.3 is 4.74 Å². The fraction of sp³-hybridized carbons (Fsp3) is 0.500. The van der Waals surface area contributed by atoms with E-state index in [0.717, 1.165) is 6.42 Å². The standard InChI is InChI=1S/C14H21NO4S/c1-10-5-6-11(20(15,17)18)9-12(10)13(16)19-8-7-14(2,3)4/h5-6,9H,7-8H2,1-4H3,(H2,15,17,18). The third kappa shape index (κ3) is 4.94. The van der Waals surface area contributed by atoms with Gasteiger partial charge in [0.2, 0.25) is 10.0 Å². The van der Waals surface area contributed by atoms with E-state index < -0.39 is 16.0 Å². The first-order valence-corrected chi connectivity index (χ1v) is 7.86. The molecule has 0 unspecified atom stereocenters. The second-order valence-corrected chi connectivity index (χ2v) is 7.53. The van der Waals surface area contributed by atoms with E-state index in [1.807, 2.05) is 20.8 Å². The van der Waals surface area contributed by atoms with Crippen LogP contribution in [0.25, 0.3) is 0 Å². The molecule has 0 saturated heterocycles. The van der Waals surface area contributed by atoms with Gasteiger partial charge in [-0.1, -0.05) is 26.8 Å². The minimum atomic E-state index is -3.83. The quantitative estimate of drug-likeness (QED) is 0.864. The number of benzene rings is 1. The van der Waals surface area contributed by atoms with Gasteiger partial charge in [-0.2, -0.15) is 0 Å². The minimum absolute atomic E-state index is 0.0672. The van der Waals surface area contributed by atoms with E-state index in [1.165, 1.54) is 12.1 Å². The molecule has 0 saturated carbocycles. The lowest BCUT2D eigenvalue weighted by Gasteiger charge is -2.17. The number of carbonyl (C=O) groups is 1. The van der Waals surface area contributed by atoms with Crippen molar-refractivity contribution in [3.8, 4) is 0 Å². The summed E-state index contributed by atoms with van der Waals surface area (Å²) in [5.41, 5.74) is 0.946. The van der Waals surface area contributed by atoms with Crippen LogP contribution in [-0.2, 0) is 14.8 Å². The lowest BCUT2D eigenvalue weighted by Crippen LogP contribution is -2.16. The minimum Gasteiger partial charge on any atom is -0.462 e. The molecule has 0 aliphatic heterocycles. The number of hydrogen-bond acceptors (Lipinski definition) is 4. The molecule has 0 aliphatic rings. The van der Waals surface area contributed by atoms with E-state index in [0.29, 0.717) is 12.2 Å². The monoisotopic (exact) mass is 299 g/mol. The van der Waals surface area contributed by atoms with Crippen LogP contribution in [-0.4, -0.2) is 21.0 Å². The van der Waals surface area contributed by atoms with E-state index in [9.17, 15) is 13.2 Å². The molecule has 0 spiro atoms. The Kier molecular flexibility index (Phi) is 4.94. The number of nitrogens with two attached hydrogens (primary N) is 1. The number of primary sulfonamides is 1. The number of carbonyl (C=O) groups excluding carboxylic acids is 1. The molecular weight excluding hydrogens is 278 g/mol. The number of hydrogen-bond donors (Lipinski definition) is 1. The third-order valence-corrected chi connectivity index (χ3v) is 3.75. The highest BCUT2D eigenvalue weighted by atomic mass is 32.2. The molecule has 0 heterocycles.